The van der Waals surface area contributed by atoms with Crippen molar-refractivity contribution < 1.29 is 4.79 Å². The first-order chi connectivity index (χ1) is 8.16. The molecule has 0 saturated carbocycles. The van der Waals surface area contributed by atoms with E-state index in [2.05, 4.69) is 10.2 Å². The van der Waals surface area contributed by atoms with E-state index >= 15 is 0 Å². The molecule has 4 nitrogen and oxygen atoms in total. The molecule has 2 rings (SSSR count). The molecular formula is C13H19N3O. The lowest BCUT2D eigenvalue weighted by atomic mass is 10.1. The molecule has 92 valence electrons. The Hall–Kier alpha value is -1.55. The molecule has 1 aliphatic rings. The van der Waals surface area contributed by atoms with Crippen LogP contribution in [0.3, 0.4) is 0 Å². The van der Waals surface area contributed by atoms with Crippen molar-refractivity contribution >= 4 is 17.3 Å². The molecule has 0 aliphatic carbocycles. The minimum Gasteiger partial charge on any atom is -0.398 e. The van der Waals surface area contributed by atoms with Gasteiger partial charge in [0, 0.05) is 11.4 Å². The number of carbonyl (C=O) groups excluding carboxylic acids is 1. The number of nitrogens with zero attached hydrogens (tertiary/aromatic N) is 1. The van der Waals surface area contributed by atoms with Gasteiger partial charge in [-0.15, -0.1) is 0 Å². The highest BCUT2D eigenvalue weighted by molar-refractivity contribution is 5.93. The Morgan fingerprint density at radius 2 is 2.12 bits per heavy atom. The normalized spacial score (nSPS) is 16.1. The average molecular weight is 233 g/mol. The van der Waals surface area contributed by atoms with Crippen LogP contribution in [-0.4, -0.2) is 30.4 Å². The van der Waals surface area contributed by atoms with Crippen LogP contribution < -0.4 is 11.1 Å². The molecule has 0 bridgehead atoms. The molecule has 1 amide bonds. The van der Waals surface area contributed by atoms with E-state index in [0.717, 1.165) is 24.3 Å². The van der Waals surface area contributed by atoms with Gasteiger partial charge in [0.1, 0.15) is 0 Å². The lowest BCUT2D eigenvalue weighted by Gasteiger charge is -2.15. The minimum atomic E-state index is 0.0422. The predicted molar refractivity (Wildman–Crippen MR) is 69.9 cm³/mol. The number of nitrogens with two attached hydrogens (primary N) is 1. The average Bonchev–Trinajstić information content (AvgIpc) is 2.77. The number of nitrogens with one attached hydrogen (secondary N) is 1. The van der Waals surface area contributed by atoms with Crippen molar-refractivity contribution in [2.75, 3.05) is 30.7 Å². The van der Waals surface area contributed by atoms with Crippen LogP contribution in [0.2, 0.25) is 0 Å². The number of hydrogen-bond donors (Lipinski definition) is 2. The maximum atomic E-state index is 11.8. The number of carbonyl (C=O) groups is 1. The highest BCUT2D eigenvalue weighted by Crippen LogP contribution is 2.20. The third-order valence-corrected chi connectivity index (χ3v) is 3.22. The number of anilines is 2. The number of hydrogen-bond acceptors (Lipinski definition) is 3. The van der Waals surface area contributed by atoms with E-state index in [1.165, 1.54) is 12.8 Å². The van der Waals surface area contributed by atoms with E-state index in [-0.39, 0.29) is 5.91 Å². The molecule has 17 heavy (non-hydrogen) atoms. The Kier molecular flexibility index (Phi) is 3.64. The number of likely N-dealkylation sites (tertiary alicyclic amines) is 1. The molecule has 1 aliphatic heterocycles. The Morgan fingerprint density at radius 1 is 1.41 bits per heavy atom. The lowest BCUT2D eigenvalue weighted by molar-refractivity contribution is -0.117. The topological polar surface area (TPSA) is 58.4 Å². The zero-order valence-electron chi connectivity index (χ0n) is 10.2. The summed E-state index contributed by atoms with van der Waals surface area (Å²) in [6.07, 6.45) is 2.40. The van der Waals surface area contributed by atoms with Crippen LogP contribution in [-0.2, 0) is 4.79 Å². The second-order valence-electron chi connectivity index (χ2n) is 4.55. The van der Waals surface area contributed by atoms with E-state index in [1.54, 1.807) is 0 Å². The Labute approximate surface area is 102 Å². The summed E-state index contributed by atoms with van der Waals surface area (Å²) in [5.41, 5.74) is 8.26. The van der Waals surface area contributed by atoms with Crippen LogP contribution >= 0.6 is 0 Å². The van der Waals surface area contributed by atoms with Crippen molar-refractivity contribution in [3.63, 3.8) is 0 Å². The van der Waals surface area contributed by atoms with Crippen molar-refractivity contribution in [1.29, 1.82) is 0 Å². The Morgan fingerprint density at radius 3 is 2.82 bits per heavy atom. The van der Waals surface area contributed by atoms with Crippen LogP contribution in [0, 0.1) is 6.92 Å². The standard InChI is InChI=1S/C13H19N3O/c1-10-11(14)5-4-6-12(10)15-13(17)9-16-7-2-3-8-16/h4-6H,2-3,7-9,14H2,1H3,(H,15,17). The van der Waals surface area contributed by atoms with Gasteiger partial charge in [-0.05, 0) is 50.6 Å². The maximum absolute atomic E-state index is 11.8. The smallest absolute Gasteiger partial charge is 0.238 e. The van der Waals surface area contributed by atoms with E-state index in [1.807, 2.05) is 25.1 Å². The highest BCUT2D eigenvalue weighted by Gasteiger charge is 2.15. The number of benzene rings is 1. The molecule has 0 radical (unpaired) electrons. The monoisotopic (exact) mass is 233 g/mol. The highest BCUT2D eigenvalue weighted by atomic mass is 16.2. The first kappa shape index (κ1) is 11.9. The van der Waals surface area contributed by atoms with E-state index < -0.39 is 0 Å². The number of amides is 1. The molecule has 4 heteroatoms. The van der Waals surface area contributed by atoms with Gasteiger partial charge in [-0.25, -0.2) is 0 Å². The molecular weight excluding hydrogens is 214 g/mol. The van der Waals surface area contributed by atoms with Crippen molar-refractivity contribution in [3.05, 3.63) is 23.8 Å². The zero-order valence-corrected chi connectivity index (χ0v) is 10.2. The van der Waals surface area contributed by atoms with E-state index in [0.29, 0.717) is 12.2 Å². The van der Waals surface area contributed by atoms with Crippen LogP contribution in [0.15, 0.2) is 18.2 Å². The van der Waals surface area contributed by atoms with Crippen molar-refractivity contribution in [2.45, 2.75) is 19.8 Å². The summed E-state index contributed by atoms with van der Waals surface area (Å²) in [4.78, 5) is 14.0. The largest absolute Gasteiger partial charge is 0.398 e. The summed E-state index contributed by atoms with van der Waals surface area (Å²) in [5.74, 6) is 0.0422. The SMILES string of the molecule is Cc1c(N)cccc1NC(=O)CN1CCCC1. The van der Waals surface area contributed by atoms with Gasteiger partial charge < -0.3 is 11.1 Å². The van der Waals surface area contributed by atoms with Gasteiger partial charge in [0.25, 0.3) is 0 Å². The van der Waals surface area contributed by atoms with Gasteiger partial charge in [-0.1, -0.05) is 6.07 Å². The van der Waals surface area contributed by atoms with Gasteiger partial charge in [0.2, 0.25) is 5.91 Å². The first-order valence-corrected chi connectivity index (χ1v) is 6.04. The van der Waals surface area contributed by atoms with Crippen LogP contribution in [0.4, 0.5) is 11.4 Å². The fourth-order valence-corrected chi connectivity index (χ4v) is 2.12. The third kappa shape index (κ3) is 2.97. The summed E-state index contributed by atoms with van der Waals surface area (Å²) in [5, 5.41) is 2.92. The fraction of sp³-hybridized carbons (Fsp3) is 0.462. The second kappa shape index (κ2) is 5.19. The molecule has 1 aromatic carbocycles. The van der Waals surface area contributed by atoms with Crippen molar-refractivity contribution in [3.8, 4) is 0 Å². The summed E-state index contributed by atoms with van der Waals surface area (Å²) in [6.45, 7) is 4.46. The van der Waals surface area contributed by atoms with Crippen LogP contribution in [0.25, 0.3) is 0 Å². The maximum Gasteiger partial charge on any atom is 0.238 e. The van der Waals surface area contributed by atoms with E-state index in [4.69, 9.17) is 5.73 Å². The summed E-state index contributed by atoms with van der Waals surface area (Å²) < 4.78 is 0. The Balaban J connectivity index is 1.95. The van der Waals surface area contributed by atoms with E-state index in [9.17, 15) is 4.79 Å². The second-order valence-corrected chi connectivity index (χ2v) is 4.55. The quantitative estimate of drug-likeness (QED) is 0.780. The van der Waals surface area contributed by atoms with Crippen LogP contribution in [0.1, 0.15) is 18.4 Å². The molecule has 0 atom stereocenters. The van der Waals surface area contributed by atoms with Gasteiger partial charge in [0.15, 0.2) is 0 Å². The fourth-order valence-electron chi connectivity index (χ4n) is 2.12. The molecule has 1 heterocycles. The third-order valence-electron chi connectivity index (χ3n) is 3.22. The molecule has 0 unspecified atom stereocenters. The molecule has 1 aromatic rings. The molecule has 0 aromatic heterocycles. The summed E-state index contributed by atoms with van der Waals surface area (Å²) >= 11 is 0. The number of rotatable bonds is 3. The molecule has 1 fully saturated rings. The summed E-state index contributed by atoms with van der Waals surface area (Å²) in [6, 6.07) is 5.58. The van der Waals surface area contributed by atoms with Gasteiger partial charge in [-0.2, -0.15) is 0 Å². The van der Waals surface area contributed by atoms with Crippen molar-refractivity contribution in [1.82, 2.24) is 4.90 Å². The molecule has 0 spiro atoms. The molecule has 3 N–H and O–H groups in total. The predicted octanol–water partition coefficient (Wildman–Crippen LogP) is 1.61. The minimum absolute atomic E-state index is 0.0422. The van der Waals surface area contributed by atoms with Gasteiger partial charge in [0.05, 0.1) is 6.54 Å². The van der Waals surface area contributed by atoms with Crippen LogP contribution in [0.5, 0.6) is 0 Å². The first-order valence-electron chi connectivity index (χ1n) is 6.04. The van der Waals surface area contributed by atoms with Gasteiger partial charge >= 0.3 is 0 Å². The summed E-state index contributed by atoms with van der Waals surface area (Å²) in [7, 11) is 0. The lowest BCUT2D eigenvalue weighted by Crippen LogP contribution is -2.31. The molecule has 1 saturated heterocycles. The Bertz CT molecular complexity index is 411. The zero-order chi connectivity index (χ0) is 12.3. The number of nitrogen functional groups attached to an aromatic ring is 1. The van der Waals surface area contributed by atoms with Gasteiger partial charge in [-0.3, -0.25) is 9.69 Å². The van der Waals surface area contributed by atoms with Crippen molar-refractivity contribution in [2.24, 2.45) is 0 Å².